The van der Waals surface area contributed by atoms with Crippen molar-refractivity contribution >= 4 is 23.8 Å². The summed E-state index contributed by atoms with van der Waals surface area (Å²) in [6, 6.07) is 9.86. The minimum atomic E-state index is -1.41. The molecule has 0 aromatic heterocycles. The maximum atomic E-state index is 13.0. The molecule has 1 heterocycles. The highest BCUT2D eigenvalue weighted by molar-refractivity contribution is 5.81. The molecule has 0 aliphatic carbocycles. The number of ether oxygens (including phenoxy) is 2. The van der Waals surface area contributed by atoms with E-state index in [0.29, 0.717) is 5.56 Å². The van der Waals surface area contributed by atoms with Crippen LogP contribution < -0.4 is 4.74 Å². The number of nitro groups is 1. The van der Waals surface area contributed by atoms with Crippen LogP contribution in [0.15, 0.2) is 48.5 Å². The predicted molar refractivity (Wildman–Crippen MR) is 101 cm³/mol. The van der Waals surface area contributed by atoms with Gasteiger partial charge in [0.2, 0.25) is 5.91 Å². The fourth-order valence-electron chi connectivity index (χ4n) is 2.89. The monoisotopic (exact) mass is 433 g/mol. The van der Waals surface area contributed by atoms with Crippen LogP contribution in [0.4, 0.5) is 19.7 Å². The Morgan fingerprint density at radius 3 is 2.26 bits per heavy atom. The Morgan fingerprint density at radius 1 is 1.06 bits per heavy atom. The third-order valence-electron chi connectivity index (χ3n) is 4.33. The fraction of sp³-hybridized carbons (Fsp3) is 0.211. The quantitative estimate of drug-likeness (QED) is 0.328. The second-order valence-electron chi connectivity index (χ2n) is 6.49. The number of hydrazine groups is 1. The van der Waals surface area contributed by atoms with Crippen molar-refractivity contribution in [2.45, 2.75) is 12.5 Å². The molecule has 3 rings (SSSR count). The zero-order chi connectivity index (χ0) is 22.5. The summed E-state index contributed by atoms with van der Waals surface area (Å²) in [4.78, 5) is 46.0. The van der Waals surface area contributed by atoms with Crippen LogP contribution >= 0.6 is 0 Å². The molecular weight excluding hydrogens is 417 g/mol. The molecule has 1 aliphatic heterocycles. The largest absolute Gasteiger partial charge is 0.514 e. The average Bonchev–Trinajstić information content (AvgIpc) is 3.14. The van der Waals surface area contributed by atoms with Gasteiger partial charge in [0.1, 0.15) is 17.7 Å². The summed E-state index contributed by atoms with van der Waals surface area (Å²) in [6.07, 6.45) is -3.73. The molecule has 162 valence electrons. The highest BCUT2D eigenvalue weighted by Crippen LogP contribution is 2.20. The maximum absolute atomic E-state index is 13.0. The second-order valence-corrected chi connectivity index (χ2v) is 6.49. The number of rotatable bonds is 5. The molecule has 1 saturated heterocycles. The highest BCUT2D eigenvalue weighted by Gasteiger charge is 2.39. The van der Waals surface area contributed by atoms with Gasteiger partial charge in [-0.2, -0.15) is 0 Å². The molecule has 0 bridgehead atoms. The van der Waals surface area contributed by atoms with E-state index in [4.69, 9.17) is 9.47 Å². The van der Waals surface area contributed by atoms with Gasteiger partial charge in [-0.05, 0) is 29.8 Å². The van der Waals surface area contributed by atoms with Gasteiger partial charge in [0.05, 0.1) is 24.4 Å². The predicted octanol–water partition coefficient (Wildman–Crippen LogP) is 2.60. The van der Waals surface area contributed by atoms with Crippen molar-refractivity contribution in [3.8, 4) is 5.75 Å². The number of halogens is 1. The van der Waals surface area contributed by atoms with Crippen molar-refractivity contribution in [3.63, 3.8) is 0 Å². The number of nitro benzene ring substituents is 1. The lowest BCUT2D eigenvalue weighted by Gasteiger charge is -2.24. The summed E-state index contributed by atoms with van der Waals surface area (Å²) >= 11 is 0. The summed E-state index contributed by atoms with van der Waals surface area (Å²) in [5.74, 6) is -1.05. The van der Waals surface area contributed by atoms with Crippen LogP contribution in [0.2, 0.25) is 0 Å². The molecule has 2 aromatic carbocycles. The number of hydrogen-bond acceptors (Lipinski definition) is 7. The molecule has 1 fully saturated rings. The van der Waals surface area contributed by atoms with Crippen molar-refractivity contribution in [1.82, 2.24) is 10.0 Å². The van der Waals surface area contributed by atoms with E-state index in [1.807, 2.05) is 0 Å². The van der Waals surface area contributed by atoms with Crippen LogP contribution in [-0.4, -0.2) is 57.4 Å². The van der Waals surface area contributed by atoms with E-state index in [1.54, 1.807) is 0 Å². The van der Waals surface area contributed by atoms with E-state index in [-0.39, 0.29) is 30.9 Å². The first-order chi connectivity index (χ1) is 14.7. The molecule has 12 heteroatoms. The van der Waals surface area contributed by atoms with Crippen LogP contribution in [0.1, 0.15) is 5.56 Å². The highest BCUT2D eigenvalue weighted by atomic mass is 19.1. The molecule has 31 heavy (non-hydrogen) atoms. The number of hydrogen-bond donors (Lipinski definition) is 1. The molecule has 1 atom stereocenters. The van der Waals surface area contributed by atoms with Crippen molar-refractivity contribution in [3.05, 3.63) is 70.0 Å². The Hall–Kier alpha value is -4.22. The molecule has 2 aromatic rings. The third-order valence-corrected chi connectivity index (χ3v) is 4.33. The fourth-order valence-corrected chi connectivity index (χ4v) is 2.89. The van der Waals surface area contributed by atoms with Gasteiger partial charge in [-0.15, -0.1) is 0 Å². The molecule has 2 amide bonds. The molecule has 0 spiro atoms. The summed E-state index contributed by atoms with van der Waals surface area (Å²) in [6.45, 7) is -0.512. The SMILES string of the molecule is O=C(Oc1ccc([N+](=O)[O-])cc1)OC1CN(C(=O)O)N(C(=O)Cc2ccc(F)cc2)C1. The molecule has 1 unspecified atom stereocenters. The zero-order valence-electron chi connectivity index (χ0n) is 15.8. The third kappa shape index (κ3) is 5.44. The van der Waals surface area contributed by atoms with Crippen LogP contribution in [0.25, 0.3) is 0 Å². The van der Waals surface area contributed by atoms with E-state index >= 15 is 0 Å². The normalized spacial score (nSPS) is 15.5. The Morgan fingerprint density at radius 2 is 1.68 bits per heavy atom. The summed E-state index contributed by atoms with van der Waals surface area (Å²) in [5.41, 5.74) is 0.294. The van der Waals surface area contributed by atoms with Gasteiger partial charge in [-0.25, -0.2) is 24.0 Å². The molecule has 11 nitrogen and oxygen atoms in total. The van der Waals surface area contributed by atoms with E-state index in [0.717, 1.165) is 22.2 Å². The van der Waals surface area contributed by atoms with Crippen LogP contribution in [-0.2, 0) is 16.0 Å². The number of carbonyl (C=O) groups is 3. The van der Waals surface area contributed by atoms with Gasteiger partial charge in [-0.1, -0.05) is 12.1 Å². The number of non-ortho nitro benzene ring substituents is 1. The van der Waals surface area contributed by atoms with Crippen LogP contribution in [0.5, 0.6) is 5.75 Å². The van der Waals surface area contributed by atoms with Crippen molar-refractivity contribution < 1.29 is 38.3 Å². The number of carboxylic acid groups (broad SMARTS) is 1. The van der Waals surface area contributed by atoms with Gasteiger partial charge in [-0.3, -0.25) is 14.9 Å². The van der Waals surface area contributed by atoms with Crippen molar-refractivity contribution in [2.75, 3.05) is 13.1 Å². The zero-order valence-corrected chi connectivity index (χ0v) is 15.8. The van der Waals surface area contributed by atoms with Gasteiger partial charge in [0.25, 0.3) is 5.69 Å². The second kappa shape index (κ2) is 9.07. The number of nitrogens with zero attached hydrogens (tertiary/aromatic N) is 3. The van der Waals surface area contributed by atoms with E-state index in [1.165, 1.54) is 36.4 Å². The standard InChI is InChI=1S/C19H16FN3O8/c20-13-3-1-12(2-4-13)9-17(24)21-10-16(11-22(21)18(25)26)31-19(27)30-15-7-5-14(6-8-15)23(28)29/h1-8,16H,9-11H2,(H,25,26). The lowest BCUT2D eigenvalue weighted by Crippen LogP contribution is -2.44. The first-order valence-corrected chi connectivity index (χ1v) is 8.91. The van der Waals surface area contributed by atoms with E-state index in [9.17, 15) is 34.0 Å². The first-order valence-electron chi connectivity index (χ1n) is 8.91. The van der Waals surface area contributed by atoms with Crippen molar-refractivity contribution in [2.24, 2.45) is 0 Å². The van der Waals surface area contributed by atoms with E-state index < -0.39 is 35.0 Å². The number of carbonyl (C=O) groups excluding carboxylic acids is 2. The smallest absolute Gasteiger partial charge is 0.464 e. The number of amides is 2. The van der Waals surface area contributed by atoms with Gasteiger partial charge in [0.15, 0.2) is 0 Å². The Labute approximate surface area is 174 Å². The van der Waals surface area contributed by atoms with Crippen LogP contribution in [0, 0.1) is 15.9 Å². The summed E-state index contributed by atoms with van der Waals surface area (Å²) in [5, 5.41) is 21.6. The Kier molecular flexibility index (Phi) is 6.29. The van der Waals surface area contributed by atoms with E-state index in [2.05, 4.69) is 0 Å². The lowest BCUT2D eigenvalue weighted by atomic mass is 10.1. The van der Waals surface area contributed by atoms with Crippen LogP contribution in [0.3, 0.4) is 0 Å². The molecule has 0 saturated carbocycles. The first kappa shape index (κ1) is 21.5. The van der Waals surface area contributed by atoms with Crippen molar-refractivity contribution in [1.29, 1.82) is 0 Å². The summed E-state index contributed by atoms with van der Waals surface area (Å²) in [7, 11) is 0. The minimum Gasteiger partial charge on any atom is -0.464 e. The minimum absolute atomic E-state index is 0.00655. The molecular formula is C19H16FN3O8. The summed E-state index contributed by atoms with van der Waals surface area (Å²) < 4.78 is 23.0. The van der Waals surface area contributed by atoms with Gasteiger partial charge < -0.3 is 14.6 Å². The topological polar surface area (TPSA) is 140 Å². The number of benzene rings is 2. The Balaban J connectivity index is 1.60. The molecule has 1 aliphatic rings. The lowest BCUT2D eigenvalue weighted by molar-refractivity contribution is -0.384. The average molecular weight is 433 g/mol. The van der Waals surface area contributed by atoms with Gasteiger partial charge >= 0.3 is 12.2 Å². The molecule has 1 N–H and O–H groups in total. The Bertz CT molecular complexity index is 996. The van der Waals surface area contributed by atoms with Gasteiger partial charge in [0, 0.05) is 12.1 Å². The molecule has 0 radical (unpaired) electrons. The maximum Gasteiger partial charge on any atom is 0.514 e.